The number of piperazine rings is 1. The van der Waals surface area contributed by atoms with Crippen LogP contribution >= 0.6 is 11.3 Å². The highest BCUT2D eigenvalue weighted by molar-refractivity contribution is 7.17. The molecule has 0 atom stereocenters. The monoisotopic (exact) mass is 425 g/mol. The second kappa shape index (κ2) is 9.46. The molecule has 162 valence electrons. The number of nitrogens with zero attached hydrogens (tertiary/aromatic N) is 3. The van der Waals surface area contributed by atoms with Crippen LogP contribution in [-0.4, -0.2) is 53.3 Å². The van der Waals surface area contributed by atoms with Crippen LogP contribution in [-0.2, 0) is 6.42 Å². The van der Waals surface area contributed by atoms with Gasteiger partial charge in [0.2, 0.25) is 0 Å². The molecule has 5 heteroatoms. The van der Waals surface area contributed by atoms with E-state index in [1.54, 1.807) is 11.3 Å². The van der Waals surface area contributed by atoms with E-state index in [1.165, 1.54) is 15.6 Å². The molecular formula is C25H35N3OS. The van der Waals surface area contributed by atoms with Crippen molar-refractivity contribution in [2.24, 2.45) is 0 Å². The van der Waals surface area contributed by atoms with Crippen LogP contribution in [0.3, 0.4) is 0 Å². The Hall–Kier alpha value is -1.95. The van der Waals surface area contributed by atoms with Crippen LogP contribution in [0.1, 0.15) is 40.2 Å². The number of thiophene rings is 1. The normalized spacial score (nSPS) is 15.4. The molecule has 3 aromatic rings. The highest BCUT2D eigenvalue weighted by atomic mass is 32.1. The molecule has 0 amide bonds. The summed E-state index contributed by atoms with van der Waals surface area (Å²) < 4.78 is 1.29. The van der Waals surface area contributed by atoms with Gasteiger partial charge in [-0.15, -0.1) is 11.3 Å². The topological polar surface area (TPSA) is 39.6 Å². The number of fused-ring (bicyclic) bond motifs is 1. The van der Waals surface area contributed by atoms with Gasteiger partial charge in [0.1, 0.15) is 5.82 Å². The molecule has 4 nitrogen and oxygen atoms in total. The van der Waals surface area contributed by atoms with E-state index in [9.17, 15) is 5.11 Å². The highest BCUT2D eigenvalue weighted by Crippen LogP contribution is 2.34. The van der Waals surface area contributed by atoms with Crippen LogP contribution in [0.15, 0.2) is 41.8 Å². The van der Waals surface area contributed by atoms with E-state index in [1.807, 2.05) is 13.8 Å². The zero-order valence-electron chi connectivity index (χ0n) is 17.7. The third kappa shape index (κ3) is 5.20. The lowest BCUT2D eigenvalue weighted by molar-refractivity contribution is 0.0714. The Kier molecular flexibility index (Phi) is 7.17. The van der Waals surface area contributed by atoms with Crippen molar-refractivity contribution in [2.45, 2.75) is 46.6 Å². The van der Waals surface area contributed by atoms with Crippen molar-refractivity contribution in [1.82, 2.24) is 9.88 Å². The predicted molar refractivity (Wildman–Crippen MR) is 131 cm³/mol. The lowest BCUT2D eigenvalue weighted by atomic mass is 9.98. The quantitative estimate of drug-likeness (QED) is 0.570. The molecule has 1 aromatic carbocycles. The maximum absolute atomic E-state index is 9.96. The molecule has 0 aliphatic carbocycles. The summed E-state index contributed by atoms with van der Waals surface area (Å²) in [5.74, 6) is 1.13. The SMILES string of the molecule is C.CCN1CCN(c2nc(-c3ccc(CCC(C)(C)O)cc3)cc3ccsc23)CC1. The molecule has 1 N–H and O–H groups in total. The van der Waals surface area contributed by atoms with Crippen molar-refractivity contribution < 1.29 is 5.11 Å². The standard InChI is InChI=1S/C24H31N3OS.CH4/c1-4-26-12-14-27(15-13-26)23-22-20(10-16-29-22)17-21(25-23)19-7-5-18(6-8-19)9-11-24(2,3)28;/h5-8,10,16-17,28H,4,9,11-15H2,1-3H3;1H4. The summed E-state index contributed by atoms with van der Waals surface area (Å²) in [6.45, 7) is 11.4. The van der Waals surface area contributed by atoms with E-state index in [4.69, 9.17) is 4.98 Å². The Labute approximate surface area is 185 Å². The van der Waals surface area contributed by atoms with Crippen molar-refractivity contribution in [3.63, 3.8) is 0 Å². The summed E-state index contributed by atoms with van der Waals surface area (Å²) in [7, 11) is 0. The smallest absolute Gasteiger partial charge is 0.147 e. The van der Waals surface area contributed by atoms with Crippen molar-refractivity contribution >= 4 is 27.2 Å². The van der Waals surface area contributed by atoms with Crippen molar-refractivity contribution in [3.05, 3.63) is 47.3 Å². The van der Waals surface area contributed by atoms with Crippen LogP contribution < -0.4 is 4.90 Å². The van der Waals surface area contributed by atoms with Crippen LogP contribution in [0.2, 0.25) is 0 Å². The van der Waals surface area contributed by atoms with E-state index >= 15 is 0 Å². The summed E-state index contributed by atoms with van der Waals surface area (Å²) in [6.07, 6.45) is 1.65. The first kappa shape index (κ1) is 22.7. The molecule has 4 rings (SSSR count). The van der Waals surface area contributed by atoms with Crippen molar-refractivity contribution in [3.8, 4) is 11.3 Å². The highest BCUT2D eigenvalue weighted by Gasteiger charge is 2.20. The maximum Gasteiger partial charge on any atom is 0.147 e. The van der Waals surface area contributed by atoms with Crippen LogP contribution in [0.25, 0.3) is 21.3 Å². The van der Waals surface area contributed by atoms with Gasteiger partial charge in [-0.05, 0) is 61.7 Å². The Bertz CT molecular complexity index is 951. The molecule has 2 aromatic heterocycles. The van der Waals surface area contributed by atoms with Gasteiger partial charge in [0.25, 0.3) is 0 Å². The van der Waals surface area contributed by atoms with Gasteiger partial charge in [0, 0.05) is 31.7 Å². The first-order valence-electron chi connectivity index (χ1n) is 10.6. The number of likely N-dealkylation sites (N-methyl/N-ethyl adjacent to an activating group) is 1. The van der Waals surface area contributed by atoms with Gasteiger partial charge in [-0.1, -0.05) is 38.6 Å². The zero-order chi connectivity index (χ0) is 20.4. The maximum atomic E-state index is 9.96. The number of benzene rings is 1. The predicted octanol–water partition coefficient (Wildman–Crippen LogP) is 5.44. The zero-order valence-corrected chi connectivity index (χ0v) is 18.5. The summed E-state index contributed by atoms with van der Waals surface area (Å²) in [5.41, 5.74) is 2.82. The van der Waals surface area contributed by atoms with Crippen LogP contribution in [0.5, 0.6) is 0 Å². The lowest BCUT2D eigenvalue weighted by Crippen LogP contribution is -2.46. The number of hydrogen-bond acceptors (Lipinski definition) is 5. The summed E-state index contributed by atoms with van der Waals surface area (Å²) in [5, 5.41) is 13.4. The first-order valence-corrected chi connectivity index (χ1v) is 11.5. The Morgan fingerprint density at radius 1 is 1.07 bits per heavy atom. The lowest BCUT2D eigenvalue weighted by Gasteiger charge is -2.35. The molecular weight excluding hydrogens is 390 g/mol. The number of aliphatic hydroxyl groups is 1. The molecule has 0 bridgehead atoms. The van der Waals surface area contributed by atoms with Crippen molar-refractivity contribution in [1.29, 1.82) is 0 Å². The van der Waals surface area contributed by atoms with Gasteiger partial charge >= 0.3 is 0 Å². The molecule has 1 aliphatic heterocycles. The first-order chi connectivity index (χ1) is 13.9. The summed E-state index contributed by atoms with van der Waals surface area (Å²) >= 11 is 1.79. The molecule has 30 heavy (non-hydrogen) atoms. The van der Waals surface area contributed by atoms with Gasteiger partial charge in [0.15, 0.2) is 0 Å². The number of rotatable bonds is 6. The largest absolute Gasteiger partial charge is 0.390 e. The number of pyridine rings is 1. The van der Waals surface area contributed by atoms with Crippen LogP contribution in [0.4, 0.5) is 5.82 Å². The fourth-order valence-corrected chi connectivity index (χ4v) is 4.78. The van der Waals surface area contributed by atoms with Gasteiger partial charge in [0.05, 0.1) is 16.0 Å². The Balaban J connectivity index is 0.00000256. The van der Waals surface area contributed by atoms with E-state index in [0.29, 0.717) is 0 Å². The molecule has 1 aliphatic rings. The van der Waals surface area contributed by atoms with E-state index in [0.717, 1.165) is 62.6 Å². The summed E-state index contributed by atoms with van der Waals surface area (Å²) in [6, 6.07) is 13.1. The number of anilines is 1. The van der Waals surface area contributed by atoms with E-state index in [2.05, 4.69) is 58.5 Å². The molecule has 0 unspecified atom stereocenters. The van der Waals surface area contributed by atoms with Crippen LogP contribution in [0, 0.1) is 0 Å². The van der Waals surface area contributed by atoms with Gasteiger partial charge < -0.3 is 14.9 Å². The Morgan fingerprint density at radius 2 is 1.77 bits per heavy atom. The average Bonchev–Trinajstić information content (AvgIpc) is 3.20. The second-order valence-electron chi connectivity index (χ2n) is 8.60. The molecule has 1 fully saturated rings. The Morgan fingerprint density at radius 3 is 2.40 bits per heavy atom. The fourth-order valence-electron chi connectivity index (χ4n) is 3.89. The molecule has 3 heterocycles. The molecule has 0 saturated carbocycles. The second-order valence-corrected chi connectivity index (χ2v) is 9.52. The third-order valence-corrected chi connectivity index (χ3v) is 6.74. The average molecular weight is 426 g/mol. The molecule has 1 saturated heterocycles. The third-order valence-electron chi connectivity index (χ3n) is 5.81. The summed E-state index contributed by atoms with van der Waals surface area (Å²) in [4.78, 5) is 10.1. The van der Waals surface area contributed by atoms with Crippen molar-refractivity contribution in [2.75, 3.05) is 37.6 Å². The number of hydrogen-bond donors (Lipinski definition) is 1. The van der Waals surface area contributed by atoms with E-state index in [-0.39, 0.29) is 7.43 Å². The molecule has 0 radical (unpaired) electrons. The van der Waals surface area contributed by atoms with Gasteiger partial charge in [-0.2, -0.15) is 0 Å². The molecule has 0 spiro atoms. The van der Waals surface area contributed by atoms with Gasteiger partial charge in [-0.25, -0.2) is 4.98 Å². The minimum atomic E-state index is -0.624. The van der Waals surface area contributed by atoms with Gasteiger partial charge in [-0.3, -0.25) is 0 Å². The number of aromatic nitrogens is 1. The number of aryl methyl sites for hydroxylation is 1. The fraction of sp³-hybridized carbons (Fsp3) is 0.480. The van der Waals surface area contributed by atoms with E-state index < -0.39 is 5.60 Å². The minimum absolute atomic E-state index is 0. The minimum Gasteiger partial charge on any atom is -0.390 e.